The van der Waals surface area contributed by atoms with Crippen LogP contribution in [0.25, 0.3) is 20.9 Å². The normalized spacial score (nSPS) is 16.3. The van der Waals surface area contributed by atoms with Crippen LogP contribution in [0.2, 0.25) is 0 Å². The zero-order valence-corrected chi connectivity index (χ0v) is 28.0. The summed E-state index contributed by atoms with van der Waals surface area (Å²) in [5.74, 6) is -2.04. The van der Waals surface area contributed by atoms with E-state index in [1.165, 1.54) is 28.4 Å². The van der Waals surface area contributed by atoms with Crippen LogP contribution in [0, 0.1) is 29.8 Å². The number of nitrogens with zero attached hydrogens (tertiary/aromatic N) is 4. The predicted octanol–water partition coefficient (Wildman–Crippen LogP) is 7.67. The van der Waals surface area contributed by atoms with Gasteiger partial charge < -0.3 is 19.9 Å². The molecular weight excluding hydrogens is 664 g/mol. The lowest BCUT2D eigenvalue weighted by molar-refractivity contribution is -0.000510. The van der Waals surface area contributed by atoms with Crippen LogP contribution in [0.4, 0.5) is 30.4 Å². The Balaban J connectivity index is 1.02. The summed E-state index contributed by atoms with van der Waals surface area (Å²) in [6.45, 7) is 5.31. The molecule has 8 nitrogen and oxygen atoms in total. The average molecular weight is 696 g/mol. The van der Waals surface area contributed by atoms with Crippen LogP contribution in [0.5, 0.6) is 0 Å². The number of carbonyl (C=O) groups excluding carboxylic acids is 2. The van der Waals surface area contributed by atoms with Crippen molar-refractivity contribution in [1.82, 2.24) is 9.97 Å². The smallest absolute Gasteiger partial charge is 0.259 e. The number of pyridine rings is 2. The van der Waals surface area contributed by atoms with Crippen molar-refractivity contribution >= 4 is 40.3 Å². The molecule has 2 aromatic carbocycles. The molecule has 6 heterocycles. The van der Waals surface area contributed by atoms with Gasteiger partial charge in [0.1, 0.15) is 11.6 Å². The van der Waals surface area contributed by atoms with Gasteiger partial charge in [0, 0.05) is 71.0 Å². The number of rotatable bonds is 5. The fraction of sp³-hybridized carbons (Fsp3) is 0.263. The van der Waals surface area contributed by atoms with Gasteiger partial charge in [-0.15, -0.1) is 11.3 Å². The number of ether oxygens (including phenoxy) is 1. The van der Waals surface area contributed by atoms with Crippen LogP contribution in [0.15, 0.2) is 73.2 Å². The third kappa shape index (κ3) is 5.81. The van der Waals surface area contributed by atoms with E-state index in [0.717, 1.165) is 62.7 Å². The Bertz CT molecular complexity index is 2120. The minimum absolute atomic E-state index is 0.166. The lowest BCUT2D eigenvalue weighted by Gasteiger charge is -2.53. The number of hydrogen-bond acceptors (Lipinski definition) is 7. The Labute approximate surface area is 290 Å². The van der Waals surface area contributed by atoms with E-state index >= 15 is 0 Å². The minimum atomic E-state index is -0.771. The molecule has 1 N–H and O–H groups in total. The van der Waals surface area contributed by atoms with Crippen LogP contribution >= 0.6 is 11.3 Å². The summed E-state index contributed by atoms with van der Waals surface area (Å²) in [6.07, 6.45) is 6.10. The number of hydrogen-bond donors (Lipinski definition) is 1. The summed E-state index contributed by atoms with van der Waals surface area (Å²) in [6, 6.07) is 14.4. The maximum atomic E-state index is 14.7. The molecule has 3 aliphatic rings. The molecule has 2 fully saturated rings. The van der Waals surface area contributed by atoms with Gasteiger partial charge in [-0.05, 0) is 91.9 Å². The molecule has 0 aliphatic carbocycles. The second-order valence-corrected chi connectivity index (χ2v) is 14.2. The maximum absolute atomic E-state index is 14.7. The average Bonchev–Trinajstić information content (AvgIpc) is 3.44. The molecule has 254 valence electrons. The lowest BCUT2D eigenvalue weighted by Crippen LogP contribution is -2.59. The number of fused-ring (bicyclic) bond motifs is 3. The van der Waals surface area contributed by atoms with Crippen molar-refractivity contribution < 1.29 is 27.5 Å². The minimum Gasteiger partial charge on any atom is -0.381 e. The Morgan fingerprint density at radius 1 is 0.940 bits per heavy atom. The number of amides is 2. The first-order valence-corrected chi connectivity index (χ1v) is 17.2. The fourth-order valence-corrected chi connectivity index (χ4v) is 8.45. The van der Waals surface area contributed by atoms with Crippen LogP contribution < -0.4 is 15.1 Å². The number of aromatic nitrogens is 2. The highest BCUT2D eigenvalue weighted by molar-refractivity contribution is 7.19. The van der Waals surface area contributed by atoms with E-state index in [-0.39, 0.29) is 29.3 Å². The van der Waals surface area contributed by atoms with Crippen molar-refractivity contribution in [3.63, 3.8) is 0 Å². The first-order chi connectivity index (χ1) is 24.2. The number of benzene rings is 2. The molecule has 8 rings (SSSR count). The van der Waals surface area contributed by atoms with Crippen molar-refractivity contribution in [2.24, 2.45) is 5.41 Å². The summed E-state index contributed by atoms with van der Waals surface area (Å²) in [7, 11) is 0. The number of aryl methyl sites for hydroxylation is 1. The standard InChI is InChI=1S/C38H32F3N5O3S/c1-22-14-28(35(43-17-22)45-20-38(21-45)9-12-49-13-10-38)36(47)44-26-5-2-23(3-6-26)37(48)46-11-8-24-15-32(33-29(40)18-42-19-30(33)41)50-34(24)27-7-4-25(39)16-31(27)46/h2-7,14-19H,8-13,20-21H2,1H3,(H,44,47). The van der Waals surface area contributed by atoms with Gasteiger partial charge in [-0.1, -0.05) is 0 Å². The number of thiophene rings is 1. The third-order valence-electron chi connectivity index (χ3n) is 9.80. The van der Waals surface area contributed by atoms with Gasteiger partial charge in [0.2, 0.25) is 0 Å². The molecule has 0 unspecified atom stereocenters. The van der Waals surface area contributed by atoms with Crippen LogP contribution in [0.3, 0.4) is 0 Å². The number of carbonyl (C=O) groups is 2. The van der Waals surface area contributed by atoms with Crippen molar-refractivity contribution in [2.75, 3.05) is 48.0 Å². The molecule has 1 spiro atoms. The van der Waals surface area contributed by atoms with E-state index in [0.29, 0.717) is 50.1 Å². The molecule has 0 atom stereocenters. The SMILES string of the molecule is Cc1cnc(N2CC3(CCOCC3)C2)c(C(=O)Nc2ccc(C(=O)N3CCc4cc(-c5c(F)cncc5F)sc4-c4ccc(F)cc43)cc2)c1. The van der Waals surface area contributed by atoms with Gasteiger partial charge in [-0.25, -0.2) is 18.2 Å². The summed E-state index contributed by atoms with van der Waals surface area (Å²) in [4.78, 5) is 40.5. The van der Waals surface area contributed by atoms with E-state index in [4.69, 9.17) is 4.74 Å². The molecule has 50 heavy (non-hydrogen) atoms. The zero-order valence-electron chi connectivity index (χ0n) is 27.1. The van der Waals surface area contributed by atoms with Crippen molar-refractivity contribution in [1.29, 1.82) is 0 Å². The van der Waals surface area contributed by atoms with Gasteiger partial charge in [0.05, 0.1) is 29.2 Å². The molecule has 5 aromatic rings. The topological polar surface area (TPSA) is 87.7 Å². The molecule has 12 heteroatoms. The molecule has 2 saturated heterocycles. The summed E-state index contributed by atoms with van der Waals surface area (Å²) >= 11 is 1.19. The van der Waals surface area contributed by atoms with Gasteiger partial charge >= 0.3 is 0 Å². The van der Waals surface area contributed by atoms with E-state index < -0.39 is 17.5 Å². The number of halogens is 3. The summed E-state index contributed by atoms with van der Waals surface area (Å²) in [5.41, 5.74) is 4.03. The lowest BCUT2D eigenvalue weighted by atomic mass is 9.73. The number of anilines is 3. The zero-order chi connectivity index (χ0) is 34.6. The van der Waals surface area contributed by atoms with Gasteiger partial charge in [-0.2, -0.15) is 0 Å². The molecule has 0 radical (unpaired) electrons. The highest BCUT2D eigenvalue weighted by Crippen LogP contribution is 2.46. The second kappa shape index (κ2) is 12.7. The van der Waals surface area contributed by atoms with Gasteiger partial charge in [0.15, 0.2) is 11.6 Å². The van der Waals surface area contributed by atoms with E-state index in [1.807, 2.05) is 13.0 Å². The fourth-order valence-electron chi connectivity index (χ4n) is 7.16. The molecule has 2 amide bonds. The first kappa shape index (κ1) is 32.2. The highest BCUT2D eigenvalue weighted by atomic mass is 32.1. The largest absolute Gasteiger partial charge is 0.381 e. The van der Waals surface area contributed by atoms with Gasteiger partial charge in [0.25, 0.3) is 11.8 Å². The molecule has 0 bridgehead atoms. The Hall–Kier alpha value is -5.07. The number of nitrogens with one attached hydrogen (secondary N) is 1. The van der Waals surface area contributed by atoms with E-state index in [1.54, 1.807) is 42.6 Å². The Morgan fingerprint density at radius 3 is 2.42 bits per heavy atom. The molecule has 3 aromatic heterocycles. The third-order valence-corrected chi connectivity index (χ3v) is 11.0. The molecule has 0 saturated carbocycles. The Morgan fingerprint density at radius 2 is 1.68 bits per heavy atom. The van der Waals surface area contributed by atoms with Crippen molar-refractivity contribution in [3.8, 4) is 20.9 Å². The Kier molecular flexibility index (Phi) is 8.15. The van der Waals surface area contributed by atoms with Crippen LogP contribution in [0.1, 0.15) is 44.7 Å². The summed E-state index contributed by atoms with van der Waals surface area (Å²) in [5, 5.41) is 2.96. The first-order valence-electron chi connectivity index (χ1n) is 16.4. The summed E-state index contributed by atoms with van der Waals surface area (Å²) < 4.78 is 49.4. The molecular formula is C38H32F3N5O3S. The predicted molar refractivity (Wildman–Crippen MR) is 186 cm³/mol. The maximum Gasteiger partial charge on any atom is 0.259 e. The highest BCUT2D eigenvalue weighted by Gasteiger charge is 2.45. The van der Waals surface area contributed by atoms with E-state index in [9.17, 15) is 22.8 Å². The quantitative estimate of drug-likeness (QED) is 0.203. The van der Waals surface area contributed by atoms with Gasteiger partial charge in [-0.3, -0.25) is 14.6 Å². The van der Waals surface area contributed by atoms with E-state index in [2.05, 4.69) is 20.2 Å². The molecule has 3 aliphatic heterocycles. The van der Waals surface area contributed by atoms with Crippen LogP contribution in [-0.2, 0) is 11.2 Å². The monoisotopic (exact) mass is 695 g/mol. The van der Waals surface area contributed by atoms with Crippen molar-refractivity contribution in [3.05, 3.63) is 113 Å². The van der Waals surface area contributed by atoms with Crippen molar-refractivity contribution in [2.45, 2.75) is 26.2 Å². The van der Waals surface area contributed by atoms with Crippen LogP contribution in [-0.4, -0.2) is 54.6 Å². The second-order valence-electron chi connectivity index (χ2n) is 13.2.